The van der Waals surface area contributed by atoms with Crippen molar-refractivity contribution in [1.29, 1.82) is 0 Å². The third-order valence-corrected chi connectivity index (χ3v) is 3.14. The first-order valence-electron chi connectivity index (χ1n) is 6.25. The van der Waals surface area contributed by atoms with Gasteiger partial charge in [0, 0.05) is 13.8 Å². The Morgan fingerprint density at radius 3 is 1.83 bits per heavy atom. The van der Waals surface area contributed by atoms with Crippen LogP contribution in [-0.4, -0.2) is 10.5 Å². The number of rotatable bonds is 1. The van der Waals surface area contributed by atoms with Crippen molar-refractivity contribution in [2.24, 2.45) is 0 Å². The van der Waals surface area contributed by atoms with E-state index >= 15 is 0 Å². The van der Waals surface area contributed by atoms with Crippen molar-refractivity contribution in [3.05, 3.63) is 17.2 Å². The number of carboxylic acid groups (broad SMARTS) is 1. The Bertz CT molecular complexity index is 448. The van der Waals surface area contributed by atoms with E-state index in [0.717, 1.165) is 11.4 Å². The lowest BCUT2D eigenvalue weighted by Gasteiger charge is -2.22. The van der Waals surface area contributed by atoms with Crippen LogP contribution in [0.15, 0.2) is 0 Å². The molecule has 102 valence electrons. The lowest BCUT2D eigenvalue weighted by atomic mass is 10.1. The Labute approximate surface area is 109 Å². The topological polar surface area (TPSA) is 48.9 Å². The summed E-state index contributed by atoms with van der Waals surface area (Å²) in [6.07, 6.45) is 0. The third kappa shape index (κ3) is 2.28. The van der Waals surface area contributed by atoms with Gasteiger partial charge < -0.3 is 9.90 Å². The fourth-order valence-electron chi connectivity index (χ4n) is 2.57. The van der Waals surface area contributed by atoms with E-state index in [-0.39, 0.29) is 16.9 Å². The van der Waals surface area contributed by atoms with Crippen molar-refractivity contribution >= 4 is 5.97 Å². The first-order chi connectivity index (χ1) is 7.89. The van der Waals surface area contributed by atoms with Gasteiger partial charge in [-0.2, -0.15) is 0 Å². The molecule has 18 heavy (non-hydrogen) atoms. The van der Waals surface area contributed by atoms with Crippen LogP contribution in [-0.2, 0) is 11.1 Å². The molecule has 4 nitrogen and oxygen atoms in total. The van der Waals surface area contributed by atoms with Gasteiger partial charge in [-0.3, -0.25) is 0 Å². The average molecular weight is 252 g/mol. The van der Waals surface area contributed by atoms with Gasteiger partial charge in [-0.05, 0) is 41.5 Å². The van der Waals surface area contributed by atoms with Gasteiger partial charge in [0.2, 0.25) is 0 Å². The second-order valence-electron chi connectivity index (χ2n) is 6.79. The minimum atomic E-state index is -1.13. The van der Waals surface area contributed by atoms with Crippen LogP contribution < -0.4 is 9.67 Å². The minimum Gasteiger partial charge on any atom is -0.538 e. The van der Waals surface area contributed by atoms with Crippen molar-refractivity contribution in [2.75, 3.05) is 0 Å². The Kier molecular flexibility index (Phi) is 3.36. The highest BCUT2D eigenvalue weighted by molar-refractivity contribution is 5.80. The maximum Gasteiger partial charge on any atom is 0.306 e. The van der Waals surface area contributed by atoms with Gasteiger partial charge in [0.1, 0.15) is 22.5 Å². The van der Waals surface area contributed by atoms with Crippen LogP contribution in [0.3, 0.4) is 0 Å². The Hall–Kier alpha value is -1.32. The molecule has 4 heteroatoms. The molecular formula is C14H24N2O2. The smallest absolute Gasteiger partial charge is 0.306 e. The zero-order valence-corrected chi connectivity index (χ0v) is 12.7. The predicted octanol–water partition coefficient (Wildman–Crippen LogP) is 1.27. The van der Waals surface area contributed by atoms with E-state index in [0.29, 0.717) is 0 Å². The lowest BCUT2D eigenvalue weighted by molar-refractivity contribution is -0.762. The molecule has 1 rings (SSSR count). The molecule has 0 spiro atoms. The summed E-state index contributed by atoms with van der Waals surface area (Å²) < 4.78 is 3.70. The maximum absolute atomic E-state index is 11.5. The zero-order chi connectivity index (χ0) is 14.5. The van der Waals surface area contributed by atoms with Crippen molar-refractivity contribution in [1.82, 2.24) is 4.57 Å². The predicted molar refractivity (Wildman–Crippen MR) is 68.4 cm³/mol. The second-order valence-corrected chi connectivity index (χ2v) is 6.79. The van der Waals surface area contributed by atoms with Crippen LogP contribution >= 0.6 is 0 Å². The molecule has 0 aromatic carbocycles. The standard InChI is InChI=1S/C14H24N2O2/c1-9-10(2)16(14(6,7)8)11(12(17)18)15(9)13(3,4)5/h1-8H3. The summed E-state index contributed by atoms with van der Waals surface area (Å²) in [4.78, 5) is 11.5. The third-order valence-electron chi connectivity index (χ3n) is 3.14. The monoisotopic (exact) mass is 252 g/mol. The van der Waals surface area contributed by atoms with Crippen LogP contribution in [0.2, 0.25) is 0 Å². The minimum absolute atomic E-state index is 0.241. The van der Waals surface area contributed by atoms with E-state index in [1.54, 1.807) is 0 Å². The molecule has 1 aromatic rings. The highest BCUT2D eigenvalue weighted by Crippen LogP contribution is 2.23. The quantitative estimate of drug-likeness (QED) is 0.707. The van der Waals surface area contributed by atoms with Gasteiger partial charge in [0.05, 0.1) is 0 Å². The average Bonchev–Trinajstić information content (AvgIpc) is 2.37. The number of hydrogen-bond donors (Lipinski definition) is 0. The Morgan fingerprint density at radius 2 is 1.56 bits per heavy atom. The molecule has 1 aromatic heterocycles. The molecule has 0 aliphatic carbocycles. The lowest BCUT2D eigenvalue weighted by Crippen LogP contribution is -2.57. The number of hydrogen-bond acceptors (Lipinski definition) is 2. The van der Waals surface area contributed by atoms with E-state index in [9.17, 15) is 9.90 Å². The molecule has 0 aliphatic rings. The molecule has 0 bridgehead atoms. The largest absolute Gasteiger partial charge is 0.538 e. The number of imidazole rings is 1. The molecule has 0 amide bonds. The summed E-state index contributed by atoms with van der Waals surface area (Å²) >= 11 is 0. The summed E-state index contributed by atoms with van der Waals surface area (Å²) in [7, 11) is 0. The highest BCUT2D eigenvalue weighted by Gasteiger charge is 2.38. The van der Waals surface area contributed by atoms with Crippen LogP contribution in [0.4, 0.5) is 0 Å². The van der Waals surface area contributed by atoms with Gasteiger partial charge in [0.15, 0.2) is 5.97 Å². The SMILES string of the molecule is Cc1c(C)[n+](C(C)(C)C)c(C(=O)[O-])n1C(C)(C)C. The van der Waals surface area contributed by atoms with E-state index in [1.165, 1.54) is 0 Å². The van der Waals surface area contributed by atoms with Gasteiger partial charge in [-0.25, -0.2) is 9.13 Å². The van der Waals surface area contributed by atoms with Crippen molar-refractivity contribution < 1.29 is 14.5 Å². The van der Waals surface area contributed by atoms with Crippen LogP contribution in [0, 0.1) is 13.8 Å². The molecule has 0 saturated carbocycles. The first kappa shape index (κ1) is 14.7. The van der Waals surface area contributed by atoms with Crippen LogP contribution in [0.5, 0.6) is 0 Å². The normalized spacial score (nSPS) is 12.9. The van der Waals surface area contributed by atoms with Crippen molar-refractivity contribution in [3.63, 3.8) is 0 Å². The Balaban J connectivity index is 3.82. The molecular weight excluding hydrogens is 228 g/mol. The van der Waals surface area contributed by atoms with Gasteiger partial charge in [0.25, 0.3) is 0 Å². The van der Waals surface area contributed by atoms with Gasteiger partial charge in [-0.15, -0.1) is 0 Å². The van der Waals surface area contributed by atoms with E-state index in [4.69, 9.17) is 0 Å². The van der Waals surface area contributed by atoms with E-state index < -0.39 is 5.97 Å². The number of carbonyl (C=O) groups excluding carboxylic acids is 1. The summed E-state index contributed by atoms with van der Waals surface area (Å²) in [5.41, 5.74) is 1.36. The molecule has 0 saturated heterocycles. The molecule has 1 heterocycles. The fraction of sp³-hybridized carbons (Fsp3) is 0.714. The van der Waals surface area contributed by atoms with Crippen molar-refractivity contribution in [3.8, 4) is 0 Å². The number of aromatic carboxylic acids is 1. The van der Waals surface area contributed by atoms with Gasteiger partial charge >= 0.3 is 5.82 Å². The summed E-state index contributed by atoms with van der Waals surface area (Å²) in [6, 6.07) is 0. The summed E-state index contributed by atoms with van der Waals surface area (Å²) in [5, 5.41) is 11.5. The maximum atomic E-state index is 11.5. The molecule has 0 aliphatic heterocycles. The number of carboxylic acids is 1. The highest BCUT2D eigenvalue weighted by atomic mass is 16.4. The van der Waals surface area contributed by atoms with Gasteiger partial charge in [-0.1, -0.05) is 0 Å². The molecule has 0 radical (unpaired) electrons. The molecule has 0 unspecified atom stereocenters. The molecule has 0 atom stereocenters. The first-order valence-corrected chi connectivity index (χ1v) is 6.25. The number of nitrogens with zero attached hydrogens (tertiary/aromatic N) is 2. The number of carbonyl (C=O) groups is 1. The summed E-state index contributed by atoms with van der Waals surface area (Å²) in [6.45, 7) is 15.9. The van der Waals surface area contributed by atoms with Crippen LogP contribution in [0.1, 0.15) is 63.5 Å². The fourth-order valence-corrected chi connectivity index (χ4v) is 2.57. The molecule has 0 N–H and O–H groups in total. The van der Waals surface area contributed by atoms with E-state index in [2.05, 4.69) is 0 Å². The Morgan fingerprint density at radius 1 is 1.11 bits per heavy atom. The van der Waals surface area contributed by atoms with E-state index in [1.807, 2.05) is 64.5 Å². The summed E-state index contributed by atoms with van der Waals surface area (Å²) in [5.74, 6) is -0.888. The van der Waals surface area contributed by atoms with Crippen LogP contribution in [0.25, 0.3) is 0 Å². The second kappa shape index (κ2) is 4.11. The molecule has 0 fully saturated rings. The zero-order valence-electron chi connectivity index (χ0n) is 12.7. The van der Waals surface area contributed by atoms with Crippen molar-refractivity contribution in [2.45, 2.75) is 66.5 Å². The number of aromatic nitrogens is 2.